The summed E-state index contributed by atoms with van der Waals surface area (Å²) in [6, 6.07) is 12.1. The maximum Gasteiger partial charge on any atom is 0.206 e. The van der Waals surface area contributed by atoms with Crippen LogP contribution in [0.4, 0.5) is 5.13 Å². The van der Waals surface area contributed by atoms with Crippen molar-refractivity contribution in [1.29, 1.82) is 0 Å². The Kier molecular flexibility index (Phi) is 4.03. The third-order valence-corrected chi connectivity index (χ3v) is 4.94. The van der Waals surface area contributed by atoms with Crippen molar-refractivity contribution in [1.82, 2.24) is 15.0 Å². The van der Waals surface area contributed by atoms with E-state index < -0.39 is 0 Å². The summed E-state index contributed by atoms with van der Waals surface area (Å²) in [5, 5.41) is 4.84. The molecule has 0 bridgehead atoms. The number of carbonyl (C=O) groups is 1. The molecule has 3 heterocycles. The Morgan fingerprint density at radius 2 is 2.04 bits per heavy atom. The van der Waals surface area contributed by atoms with Gasteiger partial charge in [0.1, 0.15) is 5.65 Å². The van der Waals surface area contributed by atoms with Gasteiger partial charge >= 0.3 is 0 Å². The number of nitrogens with zero attached hydrogens (tertiary/aromatic N) is 2. The van der Waals surface area contributed by atoms with Gasteiger partial charge in [0, 0.05) is 24.3 Å². The Labute approximate surface area is 148 Å². The molecular formula is C19H16N4OS. The van der Waals surface area contributed by atoms with Gasteiger partial charge < -0.3 is 10.3 Å². The highest BCUT2D eigenvalue weighted by molar-refractivity contribution is 7.17. The van der Waals surface area contributed by atoms with Gasteiger partial charge in [-0.1, -0.05) is 41.2 Å². The van der Waals surface area contributed by atoms with Crippen molar-refractivity contribution < 1.29 is 4.79 Å². The molecule has 0 fully saturated rings. The zero-order chi connectivity index (χ0) is 17.2. The van der Waals surface area contributed by atoms with E-state index in [4.69, 9.17) is 0 Å². The normalized spacial score (nSPS) is 10.9. The molecule has 4 aromatic rings. The van der Waals surface area contributed by atoms with Crippen LogP contribution < -0.4 is 5.32 Å². The molecule has 5 nitrogen and oxygen atoms in total. The van der Waals surface area contributed by atoms with Crippen molar-refractivity contribution in [3.8, 4) is 0 Å². The molecule has 0 saturated carbocycles. The van der Waals surface area contributed by atoms with Gasteiger partial charge in [-0.25, -0.2) is 9.97 Å². The molecule has 124 valence electrons. The Bertz CT molecular complexity index is 1030. The predicted octanol–water partition coefficient (Wildman–Crippen LogP) is 4.17. The molecular weight excluding hydrogens is 332 g/mol. The molecule has 0 spiro atoms. The highest BCUT2D eigenvalue weighted by atomic mass is 32.1. The lowest BCUT2D eigenvalue weighted by Gasteiger charge is -2.03. The third kappa shape index (κ3) is 3.16. The molecule has 6 heteroatoms. The molecule has 0 unspecified atom stereocenters. The number of rotatable bonds is 5. The first kappa shape index (κ1) is 15.5. The molecule has 0 radical (unpaired) electrons. The Hall–Kier alpha value is -2.99. The predicted molar refractivity (Wildman–Crippen MR) is 100 cm³/mol. The van der Waals surface area contributed by atoms with Crippen LogP contribution in [0.1, 0.15) is 26.4 Å². The van der Waals surface area contributed by atoms with Gasteiger partial charge in [0.25, 0.3) is 0 Å². The number of aromatic nitrogens is 3. The summed E-state index contributed by atoms with van der Waals surface area (Å²) >= 11 is 1.36. The van der Waals surface area contributed by atoms with E-state index in [0.717, 1.165) is 10.5 Å². The number of pyridine rings is 1. The molecule has 1 aromatic carbocycles. The summed E-state index contributed by atoms with van der Waals surface area (Å²) in [6.45, 7) is 2.74. The van der Waals surface area contributed by atoms with E-state index in [9.17, 15) is 4.79 Å². The molecule has 0 saturated heterocycles. The smallest absolute Gasteiger partial charge is 0.206 e. The number of H-pyrrole nitrogens is 1. The number of hydrogen-bond acceptors (Lipinski definition) is 5. The fourth-order valence-corrected chi connectivity index (χ4v) is 3.39. The summed E-state index contributed by atoms with van der Waals surface area (Å²) in [5.74, 6) is -0.0415. The molecule has 0 aliphatic carbocycles. The summed E-state index contributed by atoms with van der Waals surface area (Å²) < 4.78 is 0. The maximum atomic E-state index is 12.7. The number of hydrogen-bond donors (Lipinski definition) is 2. The van der Waals surface area contributed by atoms with Gasteiger partial charge in [-0.2, -0.15) is 0 Å². The van der Waals surface area contributed by atoms with Gasteiger partial charge in [0.15, 0.2) is 5.13 Å². The van der Waals surface area contributed by atoms with Crippen LogP contribution in [0.5, 0.6) is 0 Å². The van der Waals surface area contributed by atoms with Crippen LogP contribution in [0, 0.1) is 6.92 Å². The van der Waals surface area contributed by atoms with E-state index in [1.807, 2.05) is 12.1 Å². The van der Waals surface area contributed by atoms with Crippen LogP contribution in [-0.4, -0.2) is 20.7 Å². The fourth-order valence-electron chi connectivity index (χ4n) is 2.62. The van der Waals surface area contributed by atoms with E-state index in [-0.39, 0.29) is 5.78 Å². The monoisotopic (exact) mass is 348 g/mol. The SMILES string of the molecule is Cc1ccc(CNc2ncc(C(=O)c3c[nH]c4ncccc34)s2)cc1. The summed E-state index contributed by atoms with van der Waals surface area (Å²) in [5.41, 5.74) is 3.75. The van der Waals surface area contributed by atoms with Crippen LogP contribution in [0.2, 0.25) is 0 Å². The van der Waals surface area contributed by atoms with E-state index in [0.29, 0.717) is 22.6 Å². The van der Waals surface area contributed by atoms with Gasteiger partial charge in [-0.15, -0.1) is 0 Å². The summed E-state index contributed by atoms with van der Waals surface area (Å²) in [4.78, 5) is 24.9. The molecule has 3 aromatic heterocycles. The molecule has 0 atom stereocenters. The quantitative estimate of drug-likeness (QED) is 0.531. The first-order valence-corrected chi connectivity index (χ1v) is 8.74. The standard InChI is InChI=1S/C19H16N4OS/c1-12-4-6-13(7-5-12)9-22-19-23-11-16(25-19)17(24)15-10-21-18-14(15)3-2-8-20-18/h2-8,10-11H,9H2,1H3,(H,20,21)(H,22,23). The lowest BCUT2D eigenvalue weighted by Crippen LogP contribution is -1.98. The van der Waals surface area contributed by atoms with E-state index in [1.54, 1.807) is 18.6 Å². The second-order valence-electron chi connectivity index (χ2n) is 5.80. The third-order valence-electron chi connectivity index (χ3n) is 3.99. The number of thiazole rings is 1. The minimum absolute atomic E-state index is 0.0415. The lowest BCUT2D eigenvalue weighted by molar-refractivity contribution is 0.104. The van der Waals surface area contributed by atoms with Crippen molar-refractivity contribution in [3.63, 3.8) is 0 Å². The minimum Gasteiger partial charge on any atom is -0.357 e. The zero-order valence-electron chi connectivity index (χ0n) is 13.6. The van der Waals surface area contributed by atoms with Crippen LogP contribution in [0.25, 0.3) is 11.0 Å². The molecule has 4 rings (SSSR count). The number of anilines is 1. The first-order valence-electron chi connectivity index (χ1n) is 7.93. The molecule has 0 aliphatic rings. The highest BCUT2D eigenvalue weighted by Gasteiger charge is 2.17. The van der Waals surface area contributed by atoms with Gasteiger partial charge in [0.2, 0.25) is 5.78 Å². The number of fused-ring (bicyclic) bond motifs is 1. The van der Waals surface area contributed by atoms with Crippen molar-refractivity contribution in [2.45, 2.75) is 13.5 Å². The largest absolute Gasteiger partial charge is 0.357 e. The van der Waals surface area contributed by atoms with Crippen LogP contribution in [0.3, 0.4) is 0 Å². The van der Waals surface area contributed by atoms with E-state index >= 15 is 0 Å². The van der Waals surface area contributed by atoms with Crippen LogP contribution in [-0.2, 0) is 6.54 Å². The van der Waals surface area contributed by atoms with Gasteiger partial charge in [-0.3, -0.25) is 4.79 Å². The zero-order valence-corrected chi connectivity index (χ0v) is 14.4. The van der Waals surface area contributed by atoms with Gasteiger partial charge in [0.05, 0.1) is 16.6 Å². The average Bonchev–Trinajstić information content (AvgIpc) is 3.28. The van der Waals surface area contributed by atoms with Crippen molar-refractivity contribution in [2.24, 2.45) is 0 Å². The Morgan fingerprint density at radius 1 is 1.20 bits per heavy atom. The second-order valence-corrected chi connectivity index (χ2v) is 6.83. The number of nitrogens with one attached hydrogen (secondary N) is 2. The second kappa shape index (κ2) is 6.49. The van der Waals surface area contributed by atoms with Crippen molar-refractivity contribution in [2.75, 3.05) is 5.32 Å². The van der Waals surface area contributed by atoms with Crippen LogP contribution in [0.15, 0.2) is 55.0 Å². The van der Waals surface area contributed by atoms with Crippen molar-refractivity contribution >= 4 is 33.3 Å². The van der Waals surface area contributed by atoms with E-state index in [1.165, 1.54) is 22.5 Å². The van der Waals surface area contributed by atoms with Gasteiger partial charge in [-0.05, 0) is 24.6 Å². The molecule has 0 amide bonds. The van der Waals surface area contributed by atoms with Crippen LogP contribution >= 0.6 is 11.3 Å². The van der Waals surface area contributed by atoms with Crippen molar-refractivity contribution in [3.05, 3.63) is 76.6 Å². The Balaban J connectivity index is 1.50. The minimum atomic E-state index is -0.0415. The number of aryl methyl sites for hydroxylation is 1. The number of ketones is 1. The molecule has 25 heavy (non-hydrogen) atoms. The maximum absolute atomic E-state index is 12.7. The molecule has 0 aliphatic heterocycles. The number of benzene rings is 1. The number of carbonyl (C=O) groups excluding carboxylic acids is 1. The highest BCUT2D eigenvalue weighted by Crippen LogP contribution is 2.25. The van der Waals surface area contributed by atoms with E-state index in [2.05, 4.69) is 51.5 Å². The topological polar surface area (TPSA) is 70.7 Å². The average molecular weight is 348 g/mol. The molecule has 2 N–H and O–H groups in total. The summed E-state index contributed by atoms with van der Waals surface area (Å²) in [6.07, 6.45) is 5.03. The lowest BCUT2D eigenvalue weighted by atomic mass is 10.1. The summed E-state index contributed by atoms with van der Waals surface area (Å²) in [7, 11) is 0. The first-order chi connectivity index (χ1) is 12.2. The number of aromatic amines is 1. The fraction of sp³-hybridized carbons (Fsp3) is 0.105. The Morgan fingerprint density at radius 3 is 2.88 bits per heavy atom.